The lowest BCUT2D eigenvalue weighted by atomic mass is 10.1. The molecule has 0 aromatic heterocycles. The van der Waals surface area contributed by atoms with Gasteiger partial charge in [-0.25, -0.2) is 8.42 Å². The van der Waals surface area contributed by atoms with Crippen molar-refractivity contribution in [3.63, 3.8) is 0 Å². The van der Waals surface area contributed by atoms with Crippen LogP contribution >= 0.6 is 0 Å². The van der Waals surface area contributed by atoms with Gasteiger partial charge in [0, 0.05) is 17.5 Å². The van der Waals surface area contributed by atoms with Crippen LogP contribution in [0.2, 0.25) is 0 Å². The first-order valence-corrected chi connectivity index (χ1v) is 8.55. The molecule has 2 aromatic rings. The van der Waals surface area contributed by atoms with E-state index in [-0.39, 0.29) is 11.7 Å². The molecule has 0 fully saturated rings. The molecule has 0 bridgehead atoms. The van der Waals surface area contributed by atoms with Crippen molar-refractivity contribution in [2.24, 2.45) is 0 Å². The molecule has 21 heavy (non-hydrogen) atoms. The number of para-hydroxylation sites is 1. The van der Waals surface area contributed by atoms with E-state index in [9.17, 15) is 13.2 Å². The first-order valence-electron chi connectivity index (χ1n) is 6.49. The average molecular weight is 303 g/mol. The molecule has 1 amide bonds. The van der Waals surface area contributed by atoms with Crippen LogP contribution in [0.25, 0.3) is 0 Å². The fourth-order valence-electron chi connectivity index (χ4n) is 2.01. The van der Waals surface area contributed by atoms with E-state index in [4.69, 9.17) is 0 Å². The number of hydrogen-bond acceptors (Lipinski definition) is 3. The fourth-order valence-corrected chi connectivity index (χ4v) is 2.80. The van der Waals surface area contributed by atoms with Crippen LogP contribution < -0.4 is 5.32 Å². The second kappa shape index (κ2) is 6.10. The van der Waals surface area contributed by atoms with E-state index < -0.39 is 9.84 Å². The first kappa shape index (κ1) is 15.3. The maximum absolute atomic E-state index is 12.2. The third-order valence-corrected chi connectivity index (χ3v) is 3.87. The summed E-state index contributed by atoms with van der Waals surface area (Å²) in [5.41, 5.74) is 2.77. The number of hydrogen-bond donors (Lipinski definition) is 1. The summed E-state index contributed by atoms with van der Waals surface area (Å²) in [5.74, 6) is -0.321. The Hall–Kier alpha value is -2.14. The molecule has 0 atom stereocenters. The van der Waals surface area contributed by atoms with E-state index >= 15 is 0 Å². The number of aryl methyl sites for hydroxylation is 1. The van der Waals surface area contributed by atoms with Crippen LogP contribution in [-0.4, -0.2) is 20.6 Å². The van der Waals surface area contributed by atoms with Gasteiger partial charge in [-0.1, -0.05) is 30.3 Å². The Morgan fingerprint density at radius 3 is 2.48 bits per heavy atom. The number of sulfone groups is 1. The Balaban J connectivity index is 2.20. The molecule has 1 N–H and O–H groups in total. The molecule has 2 rings (SSSR count). The summed E-state index contributed by atoms with van der Waals surface area (Å²) in [6.07, 6.45) is 1.17. The molecule has 0 saturated carbocycles. The number of amides is 1. The second-order valence-corrected chi connectivity index (χ2v) is 7.18. The average Bonchev–Trinajstić information content (AvgIpc) is 2.39. The van der Waals surface area contributed by atoms with Crippen molar-refractivity contribution < 1.29 is 13.2 Å². The van der Waals surface area contributed by atoms with Gasteiger partial charge < -0.3 is 5.32 Å². The molecule has 0 radical (unpaired) electrons. The van der Waals surface area contributed by atoms with Gasteiger partial charge in [0.1, 0.15) is 0 Å². The molecule has 0 saturated heterocycles. The summed E-state index contributed by atoms with van der Waals surface area (Å²) < 4.78 is 22.6. The third-order valence-electron chi connectivity index (χ3n) is 3.01. The van der Waals surface area contributed by atoms with Gasteiger partial charge in [0.25, 0.3) is 5.91 Å². The van der Waals surface area contributed by atoms with E-state index in [1.165, 1.54) is 6.26 Å². The molecule has 0 spiro atoms. The first-order chi connectivity index (χ1) is 9.85. The van der Waals surface area contributed by atoms with Gasteiger partial charge in [0.2, 0.25) is 0 Å². The van der Waals surface area contributed by atoms with Crippen LogP contribution in [-0.2, 0) is 15.6 Å². The van der Waals surface area contributed by atoms with E-state index in [2.05, 4.69) is 5.32 Å². The number of nitrogens with one attached hydrogen (secondary N) is 1. The van der Waals surface area contributed by atoms with Crippen LogP contribution in [0, 0.1) is 6.92 Å². The van der Waals surface area contributed by atoms with Crippen molar-refractivity contribution >= 4 is 21.4 Å². The number of carbonyl (C=O) groups is 1. The topological polar surface area (TPSA) is 63.2 Å². The highest BCUT2D eigenvalue weighted by atomic mass is 32.2. The number of benzene rings is 2. The van der Waals surface area contributed by atoms with Crippen LogP contribution in [0.4, 0.5) is 5.69 Å². The minimum absolute atomic E-state index is 0.0709. The van der Waals surface area contributed by atoms with Gasteiger partial charge in [0.15, 0.2) is 9.84 Å². The number of anilines is 1. The highest BCUT2D eigenvalue weighted by Crippen LogP contribution is 2.15. The number of rotatable bonds is 4. The van der Waals surface area contributed by atoms with Crippen molar-refractivity contribution in [3.8, 4) is 0 Å². The Labute approximate surface area is 124 Å². The summed E-state index contributed by atoms with van der Waals surface area (Å²) in [5, 5.41) is 2.83. The Morgan fingerprint density at radius 2 is 1.81 bits per heavy atom. The highest BCUT2D eigenvalue weighted by molar-refractivity contribution is 7.89. The molecular weight excluding hydrogens is 286 g/mol. The van der Waals surface area contributed by atoms with E-state index in [1.807, 2.05) is 31.2 Å². The Kier molecular flexibility index (Phi) is 4.43. The lowest BCUT2D eigenvalue weighted by Crippen LogP contribution is -2.13. The van der Waals surface area contributed by atoms with Crippen LogP contribution in [0.3, 0.4) is 0 Å². The predicted octanol–water partition coefficient (Wildman–Crippen LogP) is 2.79. The minimum atomic E-state index is -3.12. The molecule has 0 heterocycles. The quantitative estimate of drug-likeness (QED) is 0.944. The zero-order valence-electron chi connectivity index (χ0n) is 12.0. The number of carbonyl (C=O) groups excluding carboxylic acids is 1. The fraction of sp³-hybridized carbons (Fsp3) is 0.188. The minimum Gasteiger partial charge on any atom is -0.322 e. The highest BCUT2D eigenvalue weighted by Gasteiger charge is 2.10. The van der Waals surface area contributed by atoms with Crippen LogP contribution in [0.5, 0.6) is 0 Å². The van der Waals surface area contributed by atoms with Gasteiger partial charge in [-0.2, -0.15) is 0 Å². The molecular formula is C16H17NO3S. The predicted molar refractivity (Wildman–Crippen MR) is 84.1 cm³/mol. The van der Waals surface area contributed by atoms with Crippen molar-refractivity contribution in [1.29, 1.82) is 0 Å². The van der Waals surface area contributed by atoms with E-state index in [0.29, 0.717) is 11.1 Å². The van der Waals surface area contributed by atoms with Crippen molar-refractivity contribution in [3.05, 3.63) is 65.2 Å². The van der Waals surface area contributed by atoms with Gasteiger partial charge in [-0.15, -0.1) is 0 Å². The largest absolute Gasteiger partial charge is 0.322 e. The summed E-state index contributed by atoms with van der Waals surface area (Å²) in [6.45, 7) is 1.91. The van der Waals surface area contributed by atoms with Crippen molar-refractivity contribution in [1.82, 2.24) is 0 Å². The summed E-state index contributed by atoms with van der Waals surface area (Å²) in [7, 11) is -3.12. The smallest absolute Gasteiger partial charge is 0.255 e. The Morgan fingerprint density at radius 1 is 1.10 bits per heavy atom. The zero-order chi connectivity index (χ0) is 15.5. The van der Waals surface area contributed by atoms with Gasteiger partial charge in [-0.05, 0) is 36.2 Å². The van der Waals surface area contributed by atoms with Crippen molar-refractivity contribution in [2.45, 2.75) is 12.7 Å². The second-order valence-electron chi connectivity index (χ2n) is 5.04. The van der Waals surface area contributed by atoms with Crippen LogP contribution in [0.1, 0.15) is 21.5 Å². The van der Waals surface area contributed by atoms with Gasteiger partial charge in [0.05, 0.1) is 5.75 Å². The summed E-state index contributed by atoms with van der Waals surface area (Å²) in [4.78, 5) is 12.2. The molecule has 110 valence electrons. The Bertz CT molecular complexity index is 767. The lowest BCUT2D eigenvalue weighted by molar-refractivity contribution is 0.102. The van der Waals surface area contributed by atoms with Crippen molar-refractivity contribution in [2.75, 3.05) is 11.6 Å². The summed E-state index contributed by atoms with van der Waals surface area (Å²) in [6, 6.07) is 14.1. The SMILES string of the molecule is Cc1ccccc1NC(=O)c1cccc(CS(C)(=O)=O)c1. The van der Waals surface area contributed by atoms with Gasteiger partial charge in [-0.3, -0.25) is 4.79 Å². The molecule has 5 heteroatoms. The standard InChI is InChI=1S/C16H17NO3S/c1-12-6-3-4-9-15(12)17-16(18)14-8-5-7-13(10-14)11-21(2,19)20/h3-10H,11H2,1-2H3,(H,17,18). The molecule has 0 aliphatic rings. The monoisotopic (exact) mass is 303 g/mol. The molecule has 4 nitrogen and oxygen atoms in total. The van der Waals surface area contributed by atoms with E-state index in [1.54, 1.807) is 24.3 Å². The summed E-state index contributed by atoms with van der Waals surface area (Å²) >= 11 is 0. The maximum atomic E-state index is 12.2. The third kappa shape index (κ3) is 4.43. The lowest BCUT2D eigenvalue weighted by Gasteiger charge is -2.09. The molecule has 0 aliphatic carbocycles. The van der Waals surface area contributed by atoms with Crippen LogP contribution in [0.15, 0.2) is 48.5 Å². The van der Waals surface area contributed by atoms with E-state index in [0.717, 1.165) is 11.3 Å². The molecule has 0 unspecified atom stereocenters. The van der Waals surface area contributed by atoms with Gasteiger partial charge >= 0.3 is 0 Å². The maximum Gasteiger partial charge on any atom is 0.255 e. The zero-order valence-corrected chi connectivity index (χ0v) is 12.8. The molecule has 0 aliphatic heterocycles. The normalized spacial score (nSPS) is 11.1. The molecule has 2 aromatic carbocycles.